The van der Waals surface area contributed by atoms with Gasteiger partial charge < -0.3 is 19.7 Å². The van der Waals surface area contributed by atoms with E-state index in [0.717, 1.165) is 0 Å². The van der Waals surface area contributed by atoms with Gasteiger partial charge in [-0.05, 0) is 42.8 Å². The van der Waals surface area contributed by atoms with Crippen molar-refractivity contribution in [3.8, 4) is 11.5 Å². The molecule has 172 valence electrons. The Labute approximate surface area is 187 Å². The van der Waals surface area contributed by atoms with E-state index in [1.54, 1.807) is 18.2 Å². The number of methoxy groups -OCH3 is 2. The van der Waals surface area contributed by atoms with Gasteiger partial charge in [0.2, 0.25) is 21.8 Å². The molecule has 1 saturated heterocycles. The highest BCUT2D eigenvalue weighted by Gasteiger charge is 2.36. The molecule has 9 nitrogen and oxygen atoms in total. The molecule has 1 heterocycles. The number of amides is 2. The van der Waals surface area contributed by atoms with E-state index < -0.39 is 15.9 Å². The van der Waals surface area contributed by atoms with Crippen molar-refractivity contribution in [2.75, 3.05) is 37.5 Å². The Bertz CT molecular complexity index is 1090. The van der Waals surface area contributed by atoms with Gasteiger partial charge in [0.05, 0.1) is 30.7 Å². The molecule has 1 fully saturated rings. The molecule has 0 bridgehead atoms. The SMILES string of the molecule is CCCNS(=O)(=O)c1ccc(NC(=O)[C@H]2CC(=O)N(c3cc(OC)ccc3OC)C2)cc1. The number of carbonyl (C=O) groups is 2. The van der Waals surface area contributed by atoms with E-state index in [4.69, 9.17) is 9.47 Å². The number of nitrogens with one attached hydrogen (secondary N) is 2. The molecule has 0 unspecified atom stereocenters. The number of sulfonamides is 1. The van der Waals surface area contributed by atoms with Crippen molar-refractivity contribution < 1.29 is 27.5 Å². The number of carbonyl (C=O) groups excluding carboxylic acids is 2. The fourth-order valence-corrected chi connectivity index (χ4v) is 4.54. The van der Waals surface area contributed by atoms with Gasteiger partial charge in [-0.2, -0.15) is 0 Å². The smallest absolute Gasteiger partial charge is 0.240 e. The van der Waals surface area contributed by atoms with Crippen LogP contribution in [0.3, 0.4) is 0 Å². The lowest BCUT2D eigenvalue weighted by atomic mass is 10.1. The molecular formula is C22H27N3O6S. The highest BCUT2D eigenvalue weighted by atomic mass is 32.2. The molecular weight excluding hydrogens is 434 g/mol. The molecule has 32 heavy (non-hydrogen) atoms. The minimum absolute atomic E-state index is 0.0552. The molecule has 0 aromatic heterocycles. The Morgan fingerprint density at radius 3 is 2.47 bits per heavy atom. The monoisotopic (exact) mass is 461 g/mol. The van der Waals surface area contributed by atoms with Crippen LogP contribution in [0.15, 0.2) is 47.4 Å². The van der Waals surface area contributed by atoms with Crippen molar-refractivity contribution in [1.82, 2.24) is 4.72 Å². The maximum absolute atomic E-state index is 12.8. The summed E-state index contributed by atoms with van der Waals surface area (Å²) in [4.78, 5) is 27.0. The van der Waals surface area contributed by atoms with Crippen LogP contribution in [0.2, 0.25) is 0 Å². The Morgan fingerprint density at radius 2 is 1.84 bits per heavy atom. The highest BCUT2D eigenvalue weighted by molar-refractivity contribution is 7.89. The lowest BCUT2D eigenvalue weighted by Crippen LogP contribution is -2.28. The fourth-order valence-electron chi connectivity index (χ4n) is 3.41. The number of hydrogen-bond donors (Lipinski definition) is 2. The minimum Gasteiger partial charge on any atom is -0.497 e. The van der Waals surface area contributed by atoms with Crippen LogP contribution < -0.4 is 24.4 Å². The van der Waals surface area contributed by atoms with Crippen LogP contribution in [-0.4, -0.2) is 47.5 Å². The molecule has 2 amide bonds. The number of rotatable bonds is 9. The van der Waals surface area contributed by atoms with Crippen molar-refractivity contribution in [2.24, 2.45) is 5.92 Å². The third kappa shape index (κ3) is 5.20. The van der Waals surface area contributed by atoms with Crippen molar-refractivity contribution in [3.05, 3.63) is 42.5 Å². The zero-order chi connectivity index (χ0) is 23.3. The van der Waals surface area contributed by atoms with Crippen molar-refractivity contribution in [3.63, 3.8) is 0 Å². The van der Waals surface area contributed by atoms with E-state index in [-0.39, 0.29) is 29.7 Å². The second-order valence-electron chi connectivity index (χ2n) is 7.35. The Kier molecular flexibility index (Phi) is 7.37. The van der Waals surface area contributed by atoms with Crippen LogP contribution in [0.1, 0.15) is 19.8 Å². The second-order valence-corrected chi connectivity index (χ2v) is 9.12. The lowest BCUT2D eigenvalue weighted by Gasteiger charge is -2.20. The van der Waals surface area contributed by atoms with E-state index >= 15 is 0 Å². The fraction of sp³-hybridized carbons (Fsp3) is 0.364. The van der Waals surface area contributed by atoms with Gasteiger partial charge in [0.1, 0.15) is 11.5 Å². The van der Waals surface area contributed by atoms with Gasteiger partial charge in [-0.25, -0.2) is 13.1 Å². The molecule has 0 saturated carbocycles. The van der Waals surface area contributed by atoms with E-state index in [1.165, 1.54) is 43.4 Å². The van der Waals surface area contributed by atoms with E-state index in [0.29, 0.717) is 35.8 Å². The van der Waals surface area contributed by atoms with Gasteiger partial charge in [-0.1, -0.05) is 6.92 Å². The van der Waals surface area contributed by atoms with E-state index in [9.17, 15) is 18.0 Å². The highest BCUT2D eigenvalue weighted by Crippen LogP contribution is 2.36. The molecule has 1 atom stereocenters. The Morgan fingerprint density at radius 1 is 1.12 bits per heavy atom. The standard InChI is InChI=1S/C22H27N3O6S/c1-4-11-23-32(28,29)18-8-5-16(6-9-18)24-22(27)15-12-21(26)25(14-15)19-13-17(30-2)7-10-20(19)31-3/h5-10,13,15,23H,4,11-12,14H2,1-3H3,(H,24,27)/t15-/m0/s1. The minimum atomic E-state index is -3.58. The van der Waals surface area contributed by atoms with E-state index in [2.05, 4.69) is 10.0 Å². The van der Waals surface area contributed by atoms with Crippen LogP contribution in [0, 0.1) is 5.92 Å². The largest absolute Gasteiger partial charge is 0.497 e. The third-order valence-electron chi connectivity index (χ3n) is 5.15. The van der Waals surface area contributed by atoms with Crippen LogP contribution in [0.4, 0.5) is 11.4 Å². The molecule has 0 aliphatic carbocycles. The quantitative estimate of drug-likeness (QED) is 0.593. The third-order valence-corrected chi connectivity index (χ3v) is 6.62. The molecule has 2 aromatic carbocycles. The number of benzene rings is 2. The van der Waals surface area contributed by atoms with E-state index in [1.807, 2.05) is 6.92 Å². The molecule has 10 heteroatoms. The lowest BCUT2D eigenvalue weighted by molar-refractivity contribution is -0.122. The average Bonchev–Trinajstić information content (AvgIpc) is 3.19. The van der Waals surface area contributed by atoms with Crippen LogP contribution in [-0.2, 0) is 19.6 Å². The van der Waals surface area contributed by atoms with Crippen molar-refractivity contribution in [1.29, 1.82) is 0 Å². The first-order valence-corrected chi connectivity index (χ1v) is 11.7. The van der Waals surface area contributed by atoms with Gasteiger partial charge in [0, 0.05) is 31.3 Å². The van der Waals surface area contributed by atoms with Crippen molar-refractivity contribution in [2.45, 2.75) is 24.7 Å². The van der Waals surface area contributed by atoms with Gasteiger partial charge in [0.25, 0.3) is 0 Å². The summed E-state index contributed by atoms with van der Waals surface area (Å²) in [5, 5.41) is 2.76. The summed E-state index contributed by atoms with van der Waals surface area (Å²) in [5.74, 6) is 0.00858. The van der Waals surface area contributed by atoms with Gasteiger partial charge in [0.15, 0.2) is 0 Å². The topological polar surface area (TPSA) is 114 Å². The Hall–Kier alpha value is -3.11. The number of nitrogens with zero attached hydrogens (tertiary/aromatic N) is 1. The molecule has 1 aliphatic heterocycles. The number of ether oxygens (including phenoxy) is 2. The van der Waals surface area contributed by atoms with Gasteiger partial charge in [-0.3, -0.25) is 9.59 Å². The summed E-state index contributed by atoms with van der Waals surface area (Å²) < 4.78 is 37.4. The van der Waals surface area contributed by atoms with Crippen LogP contribution in [0.25, 0.3) is 0 Å². The molecule has 2 aromatic rings. The molecule has 2 N–H and O–H groups in total. The predicted molar refractivity (Wildman–Crippen MR) is 121 cm³/mol. The van der Waals surface area contributed by atoms with Gasteiger partial charge in [-0.15, -0.1) is 0 Å². The summed E-state index contributed by atoms with van der Waals surface area (Å²) in [5.41, 5.74) is 0.996. The molecule has 0 spiro atoms. The summed E-state index contributed by atoms with van der Waals surface area (Å²) in [6.45, 7) is 2.42. The first kappa shape index (κ1) is 23.6. The van der Waals surface area contributed by atoms with Crippen molar-refractivity contribution >= 4 is 33.2 Å². The average molecular weight is 462 g/mol. The molecule has 1 aliphatic rings. The molecule has 3 rings (SSSR count). The first-order chi connectivity index (χ1) is 15.3. The first-order valence-electron chi connectivity index (χ1n) is 10.2. The number of anilines is 2. The summed E-state index contributed by atoms with van der Waals surface area (Å²) in [6, 6.07) is 11.1. The second kappa shape index (κ2) is 10.0. The Balaban J connectivity index is 1.69. The predicted octanol–water partition coefficient (Wildman–Crippen LogP) is 2.38. The maximum Gasteiger partial charge on any atom is 0.240 e. The molecule has 0 radical (unpaired) electrons. The summed E-state index contributed by atoms with van der Waals surface area (Å²) in [6.07, 6.45) is 0.742. The van der Waals surface area contributed by atoms with Gasteiger partial charge >= 0.3 is 0 Å². The maximum atomic E-state index is 12.8. The summed E-state index contributed by atoms with van der Waals surface area (Å²) in [7, 11) is -0.534. The number of hydrogen-bond acceptors (Lipinski definition) is 6. The normalized spacial score (nSPS) is 16.2. The van der Waals surface area contributed by atoms with Crippen LogP contribution >= 0.6 is 0 Å². The zero-order valence-electron chi connectivity index (χ0n) is 18.3. The zero-order valence-corrected chi connectivity index (χ0v) is 19.1. The van der Waals surface area contributed by atoms with Crippen LogP contribution in [0.5, 0.6) is 11.5 Å². The summed E-state index contributed by atoms with van der Waals surface area (Å²) >= 11 is 0.